The Kier molecular flexibility index (Phi) is 9.06. The molecule has 2 aromatic rings. The number of halogens is 1. The third kappa shape index (κ3) is 8.19. The number of benzene rings is 2. The smallest absolute Gasteiger partial charge is 0.408 e. The second kappa shape index (κ2) is 11.1. The van der Waals surface area contributed by atoms with Crippen molar-refractivity contribution in [3.63, 3.8) is 0 Å². The molecule has 0 heterocycles. The van der Waals surface area contributed by atoms with Gasteiger partial charge in [0.1, 0.15) is 13.2 Å². The van der Waals surface area contributed by atoms with Crippen LogP contribution in [0.3, 0.4) is 0 Å². The molecule has 0 aliphatic rings. The Hall–Kier alpha value is -2.57. The summed E-state index contributed by atoms with van der Waals surface area (Å²) in [5.74, 6) is -0.491. The minimum absolute atomic E-state index is 0. The summed E-state index contributed by atoms with van der Waals surface area (Å²) < 4.78 is 10.1. The fourth-order valence-electron chi connectivity index (χ4n) is 1.94. The van der Waals surface area contributed by atoms with Crippen molar-refractivity contribution in [1.82, 2.24) is 5.32 Å². The Balaban J connectivity index is 0.00000312. The van der Waals surface area contributed by atoms with E-state index < -0.39 is 18.2 Å². The molecule has 1 atom stereocenters. The fraction of sp³-hybridized carbons (Fsp3) is 0.222. The summed E-state index contributed by atoms with van der Waals surface area (Å²) in [5, 5.41) is 2.40. The zero-order chi connectivity index (χ0) is 17.2. The topological polar surface area (TPSA) is 90.7 Å². The highest BCUT2D eigenvalue weighted by atomic mass is 35.5. The summed E-state index contributed by atoms with van der Waals surface area (Å²) in [4.78, 5) is 23.3. The minimum atomic E-state index is -0.864. The normalized spacial score (nSPS) is 10.9. The summed E-state index contributed by atoms with van der Waals surface area (Å²) >= 11 is 0. The molecule has 0 aliphatic carbocycles. The van der Waals surface area contributed by atoms with Gasteiger partial charge in [0.05, 0.1) is 12.6 Å². The van der Waals surface area contributed by atoms with Crippen LogP contribution in [0.5, 0.6) is 0 Å². The van der Waals surface area contributed by atoms with Crippen LogP contribution in [0.4, 0.5) is 4.79 Å². The maximum absolute atomic E-state index is 11.7. The monoisotopic (exact) mass is 364 g/mol. The van der Waals surface area contributed by atoms with Gasteiger partial charge in [0.15, 0.2) is 0 Å². The molecule has 1 amide bonds. The standard InChI is InChI=1S/C18H20N2O4.ClH/c19-16(11-17(21)23-12-14-7-3-1-4-8-14)20-18(22)24-13-15-9-5-2-6-10-15;/h1-10,16H,11-13,19H2,(H,20,22);1H/t16-;/m0./s1. The molecule has 0 radical (unpaired) electrons. The maximum Gasteiger partial charge on any atom is 0.408 e. The van der Waals surface area contributed by atoms with Gasteiger partial charge in [0, 0.05) is 0 Å². The Morgan fingerprint density at radius 2 is 1.36 bits per heavy atom. The zero-order valence-corrected chi connectivity index (χ0v) is 14.4. The van der Waals surface area contributed by atoms with Crippen molar-refractivity contribution in [2.24, 2.45) is 5.73 Å². The number of alkyl carbamates (subject to hydrolysis) is 1. The molecule has 0 bridgehead atoms. The molecule has 0 aliphatic heterocycles. The van der Waals surface area contributed by atoms with Crippen LogP contribution in [0.2, 0.25) is 0 Å². The van der Waals surface area contributed by atoms with Gasteiger partial charge in [-0.3, -0.25) is 4.79 Å². The number of esters is 1. The van der Waals surface area contributed by atoms with Gasteiger partial charge in [-0.05, 0) is 11.1 Å². The molecule has 0 saturated heterocycles. The van der Waals surface area contributed by atoms with Gasteiger partial charge >= 0.3 is 12.1 Å². The number of nitrogens with two attached hydrogens (primary N) is 1. The molecule has 0 fully saturated rings. The largest absolute Gasteiger partial charge is 0.461 e. The third-order valence-corrected chi connectivity index (χ3v) is 3.15. The van der Waals surface area contributed by atoms with Crippen molar-refractivity contribution < 1.29 is 19.1 Å². The van der Waals surface area contributed by atoms with E-state index in [2.05, 4.69) is 5.32 Å². The second-order valence-corrected chi connectivity index (χ2v) is 5.16. The van der Waals surface area contributed by atoms with E-state index in [1.54, 1.807) is 0 Å². The van der Waals surface area contributed by atoms with E-state index >= 15 is 0 Å². The van der Waals surface area contributed by atoms with Crippen LogP contribution in [0.1, 0.15) is 17.5 Å². The highest BCUT2D eigenvalue weighted by Gasteiger charge is 2.14. The quantitative estimate of drug-likeness (QED) is 0.582. The van der Waals surface area contributed by atoms with Crippen LogP contribution >= 0.6 is 12.4 Å². The number of rotatable bonds is 7. The fourth-order valence-corrected chi connectivity index (χ4v) is 1.94. The lowest BCUT2D eigenvalue weighted by Crippen LogP contribution is -2.43. The molecule has 2 rings (SSSR count). The number of amides is 1. The number of ether oxygens (including phenoxy) is 2. The van der Waals surface area contributed by atoms with E-state index in [0.29, 0.717) is 0 Å². The van der Waals surface area contributed by atoms with Crippen LogP contribution in [-0.2, 0) is 27.5 Å². The maximum atomic E-state index is 11.7. The summed E-state index contributed by atoms with van der Waals surface area (Å²) in [6.07, 6.45) is -1.67. The highest BCUT2D eigenvalue weighted by molar-refractivity contribution is 5.85. The Bertz CT molecular complexity index is 595. The van der Waals surface area contributed by atoms with Crippen molar-refractivity contribution in [2.75, 3.05) is 0 Å². The van der Waals surface area contributed by atoms with Gasteiger partial charge in [0.2, 0.25) is 0 Å². The van der Waals surface area contributed by atoms with E-state index in [4.69, 9.17) is 15.2 Å². The molecule has 134 valence electrons. The highest BCUT2D eigenvalue weighted by Crippen LogP contribution is 2.03. The van der Waals surface area contributed by atoms with Crippen molar-refractivity contribution in [1.29, 1.82) is 0 Å². The van der Waals surface area contributed by atoms with E-state index in [-0.39, 0.29) is 32.0 Å². The number of hydrogen-bond donors (Lipinski definition) is 2. The lowest BCUT2D eigenvalue weighted by atomic mass is 10.2. The first-order chi connectivity index (χ1) is 11.6. The van der Waals surface area contributed by atoms with Crippen molar-refractivity contribution in [2.45, 2.75) is 25.8 Å². The number of nitrogens with one attached hydrogen (secondary N) is 1. The van der Waals surface area contributed by atoms with Gasteiger partial charge in [-0.15, -0.1) is 12.4 Å². The predicted octanol–water partition coefficient (Wildman–Crippen LogP) is 2.75. The molecule has 0 unspecified atom stereocenters. The van der Waals surface area contributed by atoms with Crippen LogP contribution in [0.25, 0.3) is 0 Å². The number of carbonyl (C=O) groups is 2. The molecule has 0 saturated carbocycles. The first-order valence-electron chi connectivity index (χ1n) is 7.56. The number of carbonyl (C=O) groups excluding carboxylic acids is 2. The predicted molar refractivity (Wildman–Crippen MR) is 95.8 cm³/mol. The zero-order valence-electron chi connectivity index (χ0n) is 13.6. The first kappa shape index (κ1) is 20.5. The molecular weight excluding hydrogens is 344 g/mol. The molecule has 7 heteroatoms. The average molecular weight is 365 g/mol. The molecule has 2 aromatic carbocycles. The number of hydrogen-bond acceptors (Lipinski definition) is 5. The van der Waals surface area contributed by atoms with E-state index in [0.717, 1.165) is 11.1 Å². The van der Waals surface area contributed by atoms with Crippen LogP contribution in [0.15, 0.2) is 60.7 Å². The summed E-state index contributed by atoms with van der Waals surface area (Å²) in [6.45, 7) is 0.308. The van der Waals surface area contributed by atoms with Gasteiger partial charge in [0.25, 0.3) is 0 Å². The summed E-state index contributed by atoms with van der Waals surface area (Å²) in [6, 6.07) is 18.6. The van der Waals surface area contributed by atoms with Crippen LogP contribution < -0.4 is 11.1 Å². The van der Waals surface area contributed by atoms with Crippen molar-refractivity contribution in [3.05, 3.63) is 71.8 Å². The average Bonchev–Trinajstić information content (AvgIpc) is 2.60. The Morgan fingerprint density at radius 1 is 0.880 bits per heavy atom. The summed E-state index contributed by atoms with van der Waals surface area (Å²) in [7, 11) is 0. The molecular formula is C18H21ClN2O4. The van der Waals surface area contributed by atoms with Gasteiger partial charge in [-0.2, -0.15) is 0 Å². The second-order valence-electron chi connectivity index (χ2n) is 5.16. The van der Waals surface area contributed by atoms with E-state index in [1.165, 1.54) is 0 Å². The van der Waals surface area contributed by atoms with Gasteiger partial charge in [-0.25, -0.2) is 4.79 Å². The Morgan fingerprint density at radius 3 is 1.88 bits per heavy atom. The lowest BCUT2D eigenvalue weighted by molar-refractivity contribution is -0.145. The molecule has 6 nitrogen and oxygen atoms in total. The van der Waals surface area contributed by atoms with E-state index in [9.17, 15) is 9.59 Å². The van der Waals surface area contributed by atoms with Gasteiger partial charge in [-0.1, -0.05) is 60.7 Å². The molecule has 0 aromatic heterocycles. The third-order valence-electron chi connectivity index (χ3n) is 3.15. The minimum Gasteiger partial charge on any atom is -0.461 e. The molecule has 0 spiro atoms. The molecule has 3 N–H and O–H groups in total. The van der Waals surface area contributed by atoms with E-state index in [1.807, 2.05) is 60.7 Å². The Labute approximate surface area is 152 Å². The lowest BCUT2D eigenvalue weighted by Gasteiger charge is -2.13. The van der Waals surface area contributed by atoms with Gasteiger partial charge < -0.3 is 20.5 Å². The van der Waals surface area contributed by atoms with Crippen molar-refractivity contribution in [3.8, 4) is 0 Å². The first-order valence-corrected chi connectivity index (χ1v) is 7.56. The SMILES string of the molecule is Cl.N[C@H](CC(=O)OCc1ccccc1)NC(=O)OCc1ccccc1. The van der Waals surface area contributed by atoms with Crippen LogP contribution in [-0.4, -0.2) is 18.2 Å². The summed E-state index contributed by atoms with van der Waals surface area (Å²) in [5.41, 5.74) is 7.45. The van der Waals surface area contributed by atoms with Crippen molar-refractivity contribution >= 4 is 24.5 Å². The molecule has 25 heavy (non-hydrogen) atoms. The van der Waals surface area contributed by atoms with Crippen LogP contribution in [0, 0.1) is 0 Å².